The van der Waals surface area contributed by atoms with Gasteiger partial charge in [-0.15, -0.1) is 11.6 Å². The lowest BCUT2D eigenvalue weighted by Gasteiger charge is -2.21. The van der Waals surface area contributed by atoms with E-state index in [0.29, 0.717) is 17.7 Å². The predicted octanol–water partition coefficient (Wildman–Crippen LogP) is 3.28. The molecular formula is C12H15ClO2S. The Morgan fingerprint density at radius 2 is 1.62 bits per heavy atom. The number of hydrogen-bond acceptors (Lipinski definition) is 2. The molecule has 0 heterocycles. The molecule has 88 valence electrons. The Hall–Kier alpha value is -0.540. The topological polar surface area (TPSA) is 34.1 Å². The molecule has 1 aromatic rings. The number of benzene rings is 1. The maximum absolute atomic E-state index is 12.3. The quantitative estimate of drug-likeness (QED) is 0.763. The third-order valence-electron chi connectivity index (χ3n) is 3.16. The Bertz CT molecular complexity index is 470. The van der Waals surface area contributed by atoms with Gasteiger partial charge >= 0.3 is 0 Å². The minimum Gasteiger partial charge on any atom is -0.222 e. The average Bonchev–Trinajstić information content (AvgIpc) is 2.67. The SMILES string of the molecule is Cc1ccc(S(=O)(=O)C2(Cl)CCCC2)cc1. The maximum Gasteiger partial charge on any atom is 0.197 e. The second kappa shape index (κ2) is 4.04. The summed E-state index contributed by atoms with van der Waals surface area (Å²) in [5.41, 5.74) is 1.05. The summed E-state index contributed by atoms with van der Waals surface area (Å²) >= 11 is 6.25. The summed E-state index contributed by atoms with van der Waals surface area (Å²) < 4.78 is 23.6. The zero-order chi connectivity index (χ0) is 11.8. The van der Waals surface area contributed by atoms with Crippen LogP contribution in [0.15, 0.2) is 29.2 Å². The van der Waals surface area contributed by atoms with Crippen molar-refractivity contribution in [1.82, 2.24) is 0 Å². The maximum atomic E-state index is 12.3. The first-order valence-electron chi connectivity index (χ1n) is 5.46. The van der Waals surface area contributed by atoms with Crippen LogP contribution in [0.5, 0.6) is 0 Å². The molecule has 0 spiro atoms. The van der Waals surface area contributed by atoms with Gasteiger partial charge in [-0.3, -0.25) is 0 Å². The van der Waals surface area contributed by atoms with Crippen molar-refractivity contribution in [2.24, 2.45) is 0 Å². The summed E-state index contributed by atoms with van der Waals surface area (Å²) in [5.74, 6) is 0. The summed E-state index contributed by atoms with van der Waals surface area (Å²) in [6, 6.07) is 6.91. The van der Waals surface area contributed by atoms with E-state index in [4.69, 9.17) is 11.6 Å². The number of halogens is 1. The van der Waals surface area contributed by atoms with E-state index < -0.39 is 14.0 Å². The Morgan fingerprint density at radius 1 is 1.12 bits per heavy atom. The largest absolute Gasteiger partial charge is 0.222 e. The molecule has 16 heavy (non-hydrogen) atoms. The van der Waals surface area contributed by atoms with Crippen molar-refractivity contribution in [1.29, 1.82) is 0 Å². The molecule has 2 nitrogen and oxygen atoms in total. The van der Waals surface area contributed by atoms with Gasteiger partial charge in [-0.05, 0) is 31.9 Å². The van der Waals surface area contributed by atoms with Gasteiger partial charge in [0, 0.05) is 0 Å². The normalized spacial score (nSPS) is 19.9. The van der Waals surface area contributed by atoms with Crippen LogP contribution in [0.1, 0.15) is 31.2 Å². The highest BCUT2D eigenvalue weighted by Crippen LogP contribution is 2.43. The minimum atomic E-state index is -3.39. The Morgan fingerprint density at radius 3 is 2.12 bits per heavy atom. The van der Waals surface area contributed by atoms with E-state index in [-0.39, 0.29) is 0 Å². The van der Waals surface area contributed by atoms with Gasteiger partial charge in [0.05, 0.1) is 4.90 Å². The lowest BCUT2D eigenvalue weighted by atomic mass is 10.2. The summed E-state index contributed by atoms with van der Waals surface area (Å²) in [5, 5.41) is 0. The van der Waals surface area contributed by atoms with Crippen LogP contribution in [0.25, 0.3) is 0 Å². The van der Waals surface area contributed by atoms with Crippen molar-refractivity contribution in [3.05, 3.63) is 29.8 Å². The lowest BCUT2D eigenvalue weighted by molar-refractivity contribution is 0.569. The minimum absolute atomic E-state index is 0.343. The fraction of sp³-hybridized carbons (Fsp3) is 0.500. The zero-order valence-electron chi connectivity index (χ0n) is 9.24. The predicted molar refractivity (Wildman–Crippen MR) is 65.4 cm³/mol. The van der Waals surface area contributed by atoms with Crippen LogP contribution in [-0.2, 0) is 9.84 Å². The fourth-order valence-electron chi connectivity index (χ4n) is 2.10. The molecule has 0 unspecified atom stereocenters. The molecule has 0 bridgehead atoms. The van der Waals surface area contributed by atoms with E-state index in [1.165, 1.54) is 0 Å². The molecule has 0 atom stereocenters. The first kappa shape index (κ1) is 11.9. The number of sulfone groups is 1. The fourth-order valence-corrected chi connectivity index (χ4v) is 4.38. The van der Waals surface area contributed by atoms with Crippen LogP contribution in [0, 0.1) is 6.92 Å². The van der Waals surface area contributed by atoms with E-state index in [9.17, 15) is 8.42 Å². The molecule has 0 radical (unpaired) electrons. The van der Waals surface area contributed by atoms with E-state index in [1.54, 1.807) is 12.1 Å². The Labute approximate surface area is 102 Å². The molecule has 1 aliphatic rings. The Balaban J connectivity index is 2.42. The molecule has 1 aliphatic carbocycles. The smallest absolute Gasteiger partial charge is 0.197 e. The van der Waals surface area contributed by atoms with Gasteiger partial charge in [0.25, 0.3) is 0 Å². The third kappa shape index (κ3) is 1.87. The van der Waals surface area contributed by atoms with Crippen LogP contribution in [0.2, 0.25) is 0 Å². The number of alkyl halides is 1. The number of aryl methyl sites for hydroxylation is 1. The van der Waals surface area contributed by atoms with Gasteiger partial charge in [0.15, 0.2) is 9.84 Å². The monoisotopic (exact) mass is 258 g/mol. The Kier molecular flexibility index (Phi) is 3.01. The molecule has 0 aliphatic heterocycles. The van der Waals surface area contributed by atoms with Crippen molar-refractivity contribution in [3.8, 4) is 0 Å². The van der Waals surface area contributed by atoms with E-state index >= 15 is 0 Å². The number of hydrogen-bond donors (Lipinski definition) is 0. The van der Waals surface area contributed by atoms with Crippen LogP contribution in [0.4, 0.5) is 0 Å². The summed E-state index contributed by atoms with van der Waals surface area (Å²) in [4.78, 5) is 0.343. The molecule has 2 rings (SSSR count). The molecule has 0 aromatic heterocycles. The van der Waals surface area contributed by atoms with Gasteiger partial charge in [0.2, 0.25) is 0 Å². The highest BCUT2D eigenvalue weighted by atomic mass is 35.5. The molecule has 0 N–H and O–H groups in total. The van der Waals surface area contributed by atoms with Crippen molar-refractivity contribution >= 4 is 21.4 Å². The highest BCUT2D eigenvalue weighted by molar-refractivity contribution is 7.94. The van der Waals surface area contributed by atoms with Crippen LogP contribution >= 0.6 is 11.6 Å². The van der Waals surface area contributed by atoms with Crippen molar-refractivity contribution < 1.29 is 8.42 Å². The molecular weight excluding hydrogens is 244 g/mol. The first-order valence-corrected chi connectivity index (χ1v) is 7.32. The van der Waals surface area contributed by atoms with Crippen LogP contribution in [-0.4, -0.2) is 12.6 Å². The standard InChI is InChI=1S/C12H15ClO2S/c1-10-4-6-11(7-5-10)16(14,15)12(13)8-2-3-9-12/h4-7H,2-3,8-9H2,1H3. The number of rotatable bonds is 2. The van der Waals surface area contributed by atoms with Gasteiger partial charge in [-0.2, -0.15) is 0 Å². The van der Waals surface area contributed by atoms with Crippen molar-refractivity contribution in [3.63, 3.8) is 0 Å². The molecule has 1 saturated carbocycles. The van der Waals surface area contributed by atoms with Gasteiger partial charge in [-0.25, -0.2) is 8.42 Å². The van der Waals surface area contributed by atoms with Gasteiger partial charge in [0.1, 0.15) is 4.21 Å². The average molecular weight is 259 g/mol. The lowest BCUT2D eigenvalue weighted by Crippen LogP contribution is -2.29. The van der Waals surface area contributed by atoms with Crippen LogP contribution < -0.4 is 0 Å². The zero-order valence-corrected chi connectivity index (χ0v) is 10.8. The second-order valence-electron chi connectivity index (χ2n) is 4.41. The molecule has 0 amide bonds. The summed E-state index contributed by atoms with van der Waals surface area (Å²) in [6.45, 7) is 1.93. The van der Waals surface area contributed by atoms with Gasteiger partial charge < -0.3 is 0 Å². The van der Waals surface area contributed by atoms with Gasteiger partial charge in [-0.1, -0.05) is 30.5 Å². The first-order chi connectivity index (χ1) is 7.46. The summed E-state index contributed by atoms with van der Waals surface area (Å²) in [7, 11) is -3.39. The summed E-state index contributed by atoms with van der Waals surface area (Å²) in [6.07, 6.45) is 2.92. The molecule has 1 aromatic carbocycles. The second-order valence-corrected chi connectivity index (χ2v) is 7.61. The third-order valence-corrected chi connectivity index (χ3v) is 6.41. The van der Waals surface area contributed by atoms with Crippen molar-refractivity contribution in [2.45, 2.75) is 41.7 Å². The highest BCUT2D eigenvalue weighted by Gasteiger charge is 2.44. The van der Waals surface area contributed by atoms with E-state index in [1.807, 2.05) is 19.1 Å². The van der Waals surface area contributed by atoms with Crippen molar-refractivity contribution in [2.75, 3.05) is 0 Å². The molecule has 4 heteroatoms. The van der Waals surface area contributed by atoms with E-state index in [0.717, 1.165) is 18.4 Å². The van der Waals surface area contributed by atoms with Crippen LogP contribution in [0.3, 0.4) is 0 Å². The molecule has 0 saturated heterocycles. The van der Waals surface area contributed by atoms with E-state index in [2.05, 4.69) is 0 Å². The molecule has 1 fully saturated rings.